The SMILES string of the molecule is O=C(Nc1cccc2c(=O)[nH]ccc12)c1ccc2ccccn12. The number of nitrogens with one attached hydrogen (secondary N) is 2. The number of fused-ring (bicyclic) bond motifs is 2. The van der Waals surface area contributed by atoms with E-state index in [0.717, 1.165) is 5.52 Å². The molecule has 4 aromatic rings. The smallest absolute Gasteiger partial charge is 0.272 e. The molecule has 112 valence electrons. The van der Waals surface area contributed by atoms with Gasteiger partial charge in [0.1, 0.15) is 5.69 Å². The molecule has 5 heteroatoms. The summed E-state index contributed by atoms with van der Waals surface area (Å²) in [4.78, 5) is 27.1. The van der Waals surface area contributed by atoms with E-state index in [0.29, 0.717) is 22.2 Å². The predicted molar refractivity (Wildman–Crippen MR) is 89.9 cm³/mol. The van der Waals surface area contributed by atoms with Gasteiger partial charge in [-0.15, -0.1) is 0 Å². The average molecular weight is 303 g/mol. The summed E-state index contributed by atoms with van der Waals surface area (Å²) in [5.41, 5.74) is 1.94. The Morgan fingerprint density at radius 1 is 0.957 bits per heavy atom. The van der Waals surface area contributed by atoms with Crippen molar-refractivity contribution < 1.29 is 4.79 Å². The quantitative estimate of drug-likeness (QED) is 0.598. The molecule has 1 aromatic carbocycles. The van der Waals surface area contributed by atoms with E-state index in [4.69, 9.17) is 0 Å². The highest BCUT2D eigenvalue weighted by molar-refractivity contribution is 6.08. The molecular formula is C18H13N3O2. The van der Waals surface area contributed by atoms with Crippen LogP contribution in [0.1, 0.15) is 10.5 Å². The summed E-state index contributed by atoms with van der Waals surface area (Å²) in [5.74, 6) is -0.219. The molecule has 5 nitrogen and oxygen atoms in total. The molecule has 0 radical (unpaired) electrons. The van der Waals surface area contributed by atoms with E-state index >= 15 is 0 Å². The van der Waals surface area contributed by atoms with E-state index < -0.39 is 0 Å². The minimum absolute atomic E-state index is 0.174. The molecule has 0 saturated carbocycles. The fourth-order valence-electron chi connectivity index (χ4n) is 2.76. The summed E-state index contributed by atoms with van der Waals surface area (Å²) in [6.07, 6.45) is 3.42. The van der Waals surface area contributed by atoms with Crippen LogP contribution >= 0.6 is 0 Å². The summed E-state index contributed by atoms with van der Waals surface area (Å²) in [6.45, 7) is 0. The summed E-state index contributed by atoms with van der Waals surface area (Å²) >= 11 is 0. The molecule has 0 bridgehead atoms. The van der Waals surface area contributed by atoms with Gasteiger partial charge in [-0.25, -0.2) is 0 Å². The zero-order chi connectivity index (χ0) is 15.8. The fraction of sp³-hybridized carbons (Fsp3) is 0. The number of aromatic nitrogens is 2. The first-order valence-corrected chi connectivity index (χ1v) is 7.22. The zero-order valence-corrected chi connectivity index (χ0v) is 12.1. The van der Waals surface area contributed by atoms with Crippen LogP contribution in [-0.2, 0) is 0 Å². The van der Waals surface area contributed by atoms with Gasteiger partial charge >= 0.3 is 0 Å². The van der Waals surface area contributed by atoms with Crippen LogP contribution in [0, 0.1) is 0 Å². The van der Waals surface area contributed by atoms with E-state index in [-0.39, 0.29) is 11.5 Å². The Kier molecular flexibility index (Phi) is 2.98. The normalized spacial score (nSPS) is 11.0. The molecule has 23 heavy (non-hydrogen) atoms. The van der Waals surface area contributed by atoms with Gasteiger partial charge in [-0.3, -0.25) is 9.59 Å². The van der Waals surface area contributed by atoms with Crippen LogP contribution in [0.4, 0.5) is 5.69 Å². The number of carbonyl (C=O) groups is 1. The molecule has 1 amide bonds. The maximum absolute atomic E-state index is 12.6. The van der Waals surface area contributed by atoms with Crippen molar-refractivity contribution in [2.75, 3.05) is 5.32 Å². The van der Waals surface area contributed by atoms with Crippen LogP contribution in [0.5, 0.6) is 0 Å². The van der Waals surface area contributed by atoms with Crippen molar-refractivity contribution in [1.29, 1.82) is 0 Å². The van der Waals surface area contributed by atoms with Gasteiger partial charge < -0.3 is 14.7 Å². The first kappa shape index (κ1) is 13.3. The number of nitrogens with zero attached hydrogens (tertiary/aromatic N) is 1. The third-order valence-electron chi connectivity index (χ3n) is 3.86. The summed E-state index contributed by atoms with van der Waals surface area (Å²) in [5, 5.41) is 4.15. The van der Waals surface area contributed by atoms with E-state index in [2.05, 4.69) is 10.3 Å². The minimum atomic E-state index is -0.219. The second-order valence-corrected chi connectivity index (χ2v) is 5.24. The van der Waals surface area contributed by atoms with Crippen molar-refractivity contribution in [1.82, 2.24) is 9.38 Å². The molecule has 3 aromatic heterocycles. The van der Waals surface area contributed by atoms with E-state index in [9.17, 15) is 9.59 Å². The highest BCUT2D eigenvalue weighted by Crippen LogP contribution is 2.21. The average Bonchev–Trinajstić information content (AvgIpc) is 3.00. The van der Waals surface area contributed by atoms with Crippen LogP contribution < -0.4 is 10.9 Å². The molecule has 4 rings (SSSR count). The Morgan fingerprint density at radius 3 is 2.78 bits per heavy atom. The van der Waals surface area contributed by atoms with Gasteiger partial charge in [0.2, 0.25) is 0 Å². The molecule has 0 atom stereocenters. The number of hydrogen-bond acceptors (Lipinski definition) is 2. The Labute approximate surface area is 131 Å². The number of pyridine rings is 2. The molecule has 0 aliphatic heterocycles. The number of hydrogen-bond donors (Lipinski definition) is 2. The third-order valence-corrected chi connectivity index (χ3v) is 3.86. The number of anilines is 1. The number of carbonyl (C=O) groups excluding carboxylic acids is 1. The minimum Gasteiger partial charge on any atom is -0.329 e. The van der Waals surface area contributed by atoms with Crippen molar-refractivity contribution in [2.45, 2.75) is 0 Å². The number of aromatic amines is 1. The molecular weight excluding hydrogens is 290 g/mol. The van der Waals surface area contributed by atoms with Gasteiger partial charge in [0.25, 0.3) is 11.5 Å². The summed E-state index contributed by atoms with van der Waals surface area (Å²) in [6, 6.07) is 16.5. The van der Waals surface area contributed by atoms with Gasteiger partial charge in [0.05, 0.1) is 0 Å². The lowest BCUT2D eigenvalue weighted by atomic mass is 10.1. The van der Waals surface area contributed by atoms with Crippen LogP contribution in [-0.4, -0.2) is 15.3 Å². The topological polar surface area (TPSA) is 66.4 Å². The molecule has 0 spiro atoms. The van der Waals surface area contributed by atoms with Gasteiger partial charge in [-0.2, -0.15) is 0 Å². The van der Waals surface area contributed by atoms with E-state index in [1.807, 2.05) is 34.9 Å². The number of amides is 1. The molecule has 0 fully saturated rings. The maximum atomic E-state index is 12.6. The van der Waals surface area contributed by atoms with Gasteiger partial charge in [0.15, 0.2) is 0 Å². The van der Waals surface area contributed by atoms with Crippen LogP contribution in [0.3, 0.4) is 0 Å². The molecule has 0 saturated heterocycles. The number of rotatable bonds is 2. The van der Waals surface area contributed by atoms with Crippen LogP contribution in [0.2, 0.25) is 0 Å². The largest absolute Gasteiger partial charge is 0.329 e. The van der Waals surface area contributed by atoms with Gasteiger partial charge in [-0.1, -0.05) is 12.1 Å². The number of benzene rings is 1. The molecule has 0 aliphatic rings. The Hall–Kier alpha value is -3.34. The summed E-state index contributed by atoms with van der Waals surface area (Å²) in [7, 11) is 0. The van der Waals surface area contributed by atoms with E-state index in [1.54, 1.807) is 36.5 Å². The summed E-state index contributed by atoms with van der Waals surface area (Å²) < 4.78 is 1.83. The van der Waals surface area contributed by atoms with Gasteiger partial charge in [0, 0.05) is 34.4 Å². The molecule has 0 unspecified atom stereocenters. The van der Waals surface area contributed by atoms with Crippen molar-refractivity contribution in [3.8, 4) is 0 Å². The van der Waals surface area contributed by atoms with Crippen molar-refractivity contribution in [2.24, 2.45) is 0 Å². The Bertz CT molecular complexity index is 1090. The molecule has 0 aliphatic carbocycles. The Morgan fingerprint density at radius 2 is 1.87 bits per heavy atom. The third kappa shape index (κ3) is 2.19. The predicted octanol–water partition coefficient (Wildman–Crippen LogP) is 3.03. The zero-order valence-electron chi connectivity index (χ0n) is 12.1. The second kappa shape index (κ2) is 5.14. The molecule has 3 heterocycles. The van der Waals surface area contributed by atoms with Crippen molar-refractivity contribution >= 4 is 27.9 Å². The fourth-order valence-corrected chi connectivity index (χ4v) is 2.76. The van der Waals surface area contributed by atoms with E-state index in [1.165, 1.54) is 0 Å². The monoisotopic (exact) mass is 303 g/mol. The van der Waals surface area contributed by atoms with Crippen LogP contribution in [0.15, 0.2) is 71.8 Å². The first-order chi connectivity index (χ1) is 11.2. The Balaban J connectivity index is 1.78. The van der Waals surface area contributed by atoms with Crippen molar-refractivity contribution in [3.05, 3.63) is 83.0 Å². The lowest BCUT2D eigenvalue weighted by Gasteiger charge is -2.08. The maximum Gasteiger partial charge on any atom is 0.272 e. The number of H-pyrrole nitrogens is 1. The van der Waals surface area contributed by atoms with Crippen molar-refractivity contribution in [3.63, 3.8) is 0 Å². The highest BCUT2D eigenvalue weighted by Gasteiger charge is 2.12. The standard InChI is InChI=1S/C18H13N3O2/c22-17-14-5-3-6-15(13(14)9-10-19-17)20-18(23)16-8-7-12-4-1-2-11-21(12)16/h1-11H,(H,19,22)(H,20,23). The highest BCUT2D eigenvalue weighted by atomic mass is 16.2. The second-order valence-electron chi connectivity index (χ2n) is 5.24. The molecule has 2 N–H and O–H groups in total. The lowest BCUT2D eigenvalue weighted by molar-refractivity contribution is 0.102. The van der Waals surface area contributed by atoms with Gasteiger partial charge in [-0.05, 0) is 42.5 Å². The van der Waals surface area contributed by atoms with Crippen LogP contribution in [0.25, 0.3) is 16.3 Å². The lowest BCUT2D eigenvalue weighted by Crippen LogP contribution is -2.15. The first-order valence-electron chi connectivity index (χ1n) is 7.22.